The van der Waals surface area contributed by atoms with Gasteiger partial charge in [0.1, 0.15) is 23.2 Å². The SMILES string of the molecule is Cc1nc(C)n(Cc2cc(CNC3CC3)oc2C)n1. The molecule has 0 unspecified atom stereocenters. The van der Waals surface area contributed by atoms with E-state index in [4.69, 9.17) is 4.42 Å². The fourth-order valence-electron chi connectivity index (χ4n) is 2.24. The van der Waals surface area contributed by atoms with Crippen LogP contribution in [0.1, 0.15) is 41.6 Å². The van der Waals surface area contributed by atoms with Gasteiger partial charge in [-0.2, -0.15) is 5.10 Å². The van der Waals surface area contributed by atoms with Gasteiger partial charge in [0.15, 0.2) is 0 Å². The second-order valence-electron chi connectivity index (χ2n) is 5.31. The van der Waals surface area contributed by atoms with Crippen molar-refractivity contribution >= 4 is 0 Å². The van der Waals surface area contributed by atoms with Gasteiger partial charge in [-0.15, -0.1) is 0 Å². The Labute approximate surface area is 113 Å². The molecule has 3 rings (SSSR count). The van der Waals surface area contributed by atoms with E-state index in [2.05, 4.69) is 21.5 Å². The Morgan fingerprint density at radius 2 is 2.16 bits per heavy atom. The molecule has 5 heteroatoms. The van der Waals surface area contributed by atoms with Crippen molar-refractivity contribution in [2.24, 2.45) is 0 Å². The molecule has 0 radical (unpaired) electrons. The van der Waals surface area contributed by atoms with Crippen LogP contribution in [0, 0.1) is 20.8 Å². The highest BCUT2D eigenvalue weighted by Crippen LogP contribution is 2.21. The summed E-state index contributed by atoms with van der Waals surface area (Å²) in [6.45, 7) is 7.45. The molecular formula is C14H20N4O. The molecule has 0 amide bonds. The number of nitrogens with zero attached hydrogens (tertiary/aromatic N) is 3. The minimum absolute atomic E-state index is 0.703. The van der Waals surface area contributed by atoms with Gasteiger partial charge in [-0.1, -0.05) is 0 Å². The monoisotopic (exact) mass is 260 g/mol. The lowest BCUT2D eigenvalue weighted by Gasteiger charge is -2.00. The molecule has 102 valence electrons. The summed E-state index contributed by atoms with van der Waals surface area (Å²) in [4.78, 5) is 4.32. The molecule has 1 aliphatic rings. The molecule has 1 N–H and O–H groups in total. The highest BCUT2D eigenvalue weighted by Gasteiger charge is 2.21. The van der Waals surface area contributed by atoms with Gasteiger partial charge in [-0.05, 0) is 39.7 Å². The summed E-state index contributed by atoms with van der Waals surface area (Å²) >= 11 is 0. The molecule has 0 aromatic carbocycles. The van der Waals surface area contributed by atoms with Gasteiger partial charge in [0, 0.05) is 11.6 Å². The van der Waals surface area contributed by atoms with Gasteiger partial charge < -0.3 is 9.73 Å². The Hall–Kier alpha value is -1.62. The Morgan fingerprint density at radius 3 is 2.79 bits per heavy atom. The number of furan rings is 1. The Morgan fingerprint density at radius 1 is 1.37 bits per heavy atom. The zero-order valence-electron chi connectivity index (χ0n) is 11.7. The number of hydrogen-bond acceptors (Lipinski definition) is 4. The second-order valence-corrected chi connectivity index (χ2v) is 5.31. The van der Waals surface area contributed by atoms with Crippen molar-refractivity contribution in [2.75, 3.05) is 0 Å². The van der Waals surface area contributed by atoms with E-state index in [0.717, 1.165) is 36.3 Å². The molecule has 2 aromatic rings. The fourth-order valence-corrected chi connectivity index (χ4v) is 2.24. The number of nitrogens with one attached hydrogen (secondary N) is 1. The lowest BCUT2D eigenvalue weighted by atomic mass is 10.2. The van der Waals surface area contributed by atoms with Crippen molar-refractivity contribution in [1.29, 1.82) is 0 Å². The first kappa shape index (κ1) is 12.4. The van der Waals surface area contributed by atoms with Gasteiger partial charge in [0.2, 0.25) is 0 Å². The minimum atomic E-state index is 0.703. The van der Waals surface area contributed by atoms with Gasteiger partial charge in [0.25, 0.3) is 0 Å². The van der Waals surface area contributed by atoms with E-state index in [9.17, 15) is 0 Å². The normalized spacial score (nSPS) is 15.1. The van der Waals surface area contributed by atoms with Gasteiger partial charge in [0.05, 0.1) is 13.1 Å². The standard InChI is InChI=1S/C14H20N4O/c1-9-12(8-18-11(3)16-10(2)17-18)6-14(19-9)7-15-13-4-5-13/h6,13,15H,4-5,7-8H2,1-3H3. The van der Waals surface area contributed by atoms with E-state index in [1.54, 1.807) is 0 Å². The maximum Gasteiger partial charge on any atom is 0.147 e. The van der Waals surface area contributed by atoms with Crippen LogP contribution in [0.25, 0.3) is 0 Å². The van der Waals surface area contributed by atoms with Crippen LogP contribution in [0.2, 0.25) is 0 Å². The van der Waals surface area contributed by atoms with E-state index in [0.29, 0.717) is 6.04 Å². The van der Waals surface area contributed by atoms with E-state index in [1.165, 1.54) is 18.4 Å². The first-order valence-corrected chi connectivity index (χ1v) is 6.81. The molecule has 19 heavy (non-hydrogen) atoms. The number of hydrogen-bond donors (Lipinski definition) is 1. The van der Waals surface area contributed by atoms with Crippen LogP contribution in [0.3, 0.4) is 0 Å². The predicted molar refractivity (Wildman–Crippen MR) is 71.9 cm³/mol. The van der Waals surface area contributed by atoms with Crippen LogP contribution in [-0.2, 0) is 13.1 Å². The van der Waals surface area contributed by atoms with Crippen molar-refractivity contribution < 1.29 is 4.42 Å². The Balaban J connectivity index is 1.71. The van der Waals surface area contributed by atoms with Crippen molar-refractivity contribution in [3.8, 4) is 0 Å². The molecule has 5 nitrogen and oxygen atoms in total. The molecule has 0 aliphatic heterocycles. The lowest BCUT2D eigenvalue weighted by molar-refractivity contribution is 0.457. The average Bonchev–Trinajstić information content (AvgIpc) is 3.04. The first-order valence-electron chi connectivity index (χ1n) is 6.81. The van der Waals surface area contributed by atoms with Crippen LogP contribution >= 0.6 is 0 Å². The number of aryl methyl sites for hydroxylation is 3. The first-order chi connectivity index (χ1) is 9.11. The highest BCUT2D eigenvalue weighted by atomic mass is 16.3. The smallest absolute Gasteiger partial charge is 0.147 e. The molecule has 2 aromatic heterocycles. The topological polar surface area (TPSA) is 55.9 Å². The van der Waals surface area contributed by atoms with Crippen LogP contribution in [0.15, 0.2) is 10.5 Å². The lowest BCUT2D eigenvalue weighted by Crippen LogP contribution is -2.14. The van der Waals surface area contributed by atoms with Crippen molar-refractivity contribution in [2.45, 2.75) is 52.7 Å². The van der Waals surface area contributed by atoms with E-state index >= 15 is 0 Å². The molecule has 1 aliphatic carbocycles. The van der Waals surface area contributed by atoms with Crippen molar-refractivity contribution in [3.05, 3.63) is 34.8 Å². The largest absolute Gasteiger partial charge is 0.465 e. The predicted octanol–water partition coefficient (Wildman–Crippen LogP) is 2.10. The van der Waals surface area contributed by atoms with Gasteiger partial charge in [-0.25, -0.2) is 9.67 Å². The van der Waals surface area contributed by atoms with Crippen molar-refractivity contribution in [1.82, 2.24) is 20.1 Å². The summed E-state index contributed by atoms with van der Waals surface area (Å²) in [5, 5.41) is 7.85. The fraction of sp³-hybridized carbons (Fsp3) is 0.571. The van der Waals surface area contributed by atoms with Crippen LogP contribution in [-0.4, -0.2) is 20.8 Å². The molecule has 1 saturated carbocycles. The maximum absolute atomic E-state index is 5.79. The van der Waals surface area contributed by atoms with Crippen molar-refractivity contribution in [3.63, 3.8) is 0 Å². The Kier molecular flexibility index (Phi) is 3.14. The third-order valence-electron chi connectivity index (χ3n) is 3.50. The average molecular weight is 260 g/mol. The summed E-state index contributed by atoms with van der Waals surface area (Å²) in [5.41, 5.74) is 1.18. The number of aromatic nitrogens is 3. The van der Waals surface area contributed by atoms with Crippen LogP contribution in [0.4, 0.5) is 0 Å². The summed E-state index contributed by atoms with van der Waals surface area (Å²) in [6, 6.07) is 2.83. The number of rotatable bonds is 5. The molecule has 2 heterocycles. The van der Waals surface area contributed by atoms with E-state index < -0.39 is 0 Å². The molecule has 0 bridgehead atoms. The molecule has 0 atom stereocenters. The summed E-state index contributed by atoms with van der Waals surface area (Å²) in [7, 11) is 0. The summed E-state index contributed by atoms with van der Waals surface area (Å²) < 4.78 is 7.71. The van der Waals surface area contributed by atoms with E-state index in [-0.39, 0.29) is 0 Å². The zero-order valence-corrected chi connectivity index (χ0v) is 11.7. The zero-order chi connectivity index (χ0) is 13.4. The molecular weight excluding hydrogens is 240 g/mol. The highest BCUT2D eigenvalue weighted by molar-refractivity contribution is 5.21. The summed E-state index contributed by atoms with van der Waals surface area (Å²) in [5.74, 6) is 3.74. The van der Waals surface area contributed by atoms with Gasteiger partial charge >= 0.3 is 0 Å². The second kappa shape index (κ2) is 4.81. The van der Waals surface area contributed by atoms with Crippen LogP contribution in [0.5, 0.6) is 0 Å². The van der Waals surface area contributed by atoms with Gasteiger partial charge in [-0.3, -0.25) is 0 Å². The molecule has 1 fully saturated rings. The third-order valence-corrected chi connectivity index (χ3v) is 3.50. The molecule has 0 saturated heterocycles. The Bertz CT molecular complexity index is 580. The molecule has 0 spiro atoms. The minimum Gasteiger partial charge on any atom is -0.465 e. The van der Waals surface area contributed by atoms with E-state index in [1.807, 2.05) is 25.5 Å². The third kappa shape index (κ3) is 2.87. The maximum atomic E-state index is 5.79. The summed E-state index contributed by atoms with van der Waals surface area (Å²) in [6.07, 6.45) is 2.59. The van der Waals surface area contributed by atoms with Crippen LogP contribution < -0.4 is 5.32 Å². The quantitative estimate of drug-likeness (QED) is 0.894.